The number of aliphatic hydroxyl groups excluding tert-OH is 1. The van der Waals surface area contributed by atoms with Gasteiger partial charge in [-0.2, -0.15) is 5.10 Å². The molecule has 0 aliphatic carbocycles. The van der Waals surface area contributed by atoms with Gasteiger partial charge >= 0.3 is 0 Å². The molecule has 0 saturated heterocycles. The first-order chi connectivity index (χ1) is 7.84. The molecule has 2 heterocycles. The van der Waals surface area contributed by atoms with Crippen LogP contribution in [0.2, 0.25) is 0 Å². The van der Waals surface area contributed by atoms with Crippen LogP contribution >= 0.6 is 0 Å². The highest BCUT2D eigenvalue weighted by atomic mass is 16.5. The number of hydrogen-bond acceptors (Lipinski definition) is 3. The van der Waals surface area contributed by atoms with E-state index in [9.17, 15) is 5.11 Å². The second-order valence-electron chi connectivity index (χ2n) is 3.88. The third-order valence-electron chi connectivity index (χ3n) is 2.85. The smallest absolute Gasteiger partial charge is 0.122 e. The summed E-state index contributed by atoms with van der Waals surface area (Å²) in [7, 11) is 0. The molecule has 82 valence electrons. The van der Waals surface area contributed by atoms with Crippen LogP contribution in [-0.2, 0) is 6.42 Å². The van der Waals surface area contributed by atoms with Gasteiger partial charge in [-0.1, -0.05) is 6.07 Å². The third kappa shape index (κ3) is 1.47. The lowest BCUT2D eigenvalue weighted by molar-refractivity contribution is 0.215. The predicted molar refractivity (Wildman–Crippen MR) is 58.3 cm³/mol. The molecule has 2 N–H and O–H groups in total. The maximum Gasteiger partial charge on any atom is 0.122 e. The minimum absolute atomic E-state index is 0.645. The molecule has 0 amide bonds. The number of aromatic nitrogens is 2. The van der Waals surface area contributed by atoms with Gasteiger partial charge in [0.2, 0.25) is 0 Å². The van der Waals surface area contributed by atoms with Crippen molar-refractivity contribution in [1.82, 2.24) is 10.2 Å². The number of nitrogens with one attached hydrogen (secondary N) is 1. The van der Waals surface area contributed by atoms with Crippen LogP contribution in [0.4, 0.5) is 0 Å². The first-order valence-corrected chi connectivity index (χ1v) is 5.27. The molecular weight excluding hydrogens is 204 g/mol. The minimum Gasteiger partial charge on any atom is -0.493 e. The fraction of sp³-hybridized carbons (Fsp3) is 0.250. The Morgan fingerprint density at radius 1 is 1.38 bits per heavy atom. The third-order valence-corrected chi connectivity index (χ3v) is 2.85. The van der Waals surface area contributed by atoms with Crippen LogP contribution in [0.25, 0.3) is 0 Å². The van der Waals surface area contributed by atoms with Crippen LogP contribution < -0.4 is 4.74 Å². The Morgan fingerprint density at radius 3 is 3.12 bits per heavy atom. The number of aliphatic hydroxyl groups is 1. The van der Waals surface area contributed by atoms with E-state index in [1.165, 1.54) is 0 Å². The van der Waals surface area contributed by atoms with Crippen molar-refractivity contribution in [2.24, 2.45) is 0 Å². The van der Waals surface area contributed by atoms with Crippen LogP contribution in [0.1, 0.15) is 22.9 Å². The number of aromatic amines is 1. The van der Waals surface area contributed by atoms with Crippen molar-refractivity contribution < 1.29 is 9.84 Å². The van der Waals surface area contributed by atoms with E-state index in [2.05, 4.69) is 10.2 Å². The zero-order valence-corrected chi connectivity index (χ0v) is 8.68. The van der Waals surface area contributed by atoms with Crippen molar-refractivity contribution in [1.29, 1.82) is 0 Å². The van der Waals surface area contributed by atoms with Crippen molar-refractivity contribution >= 4 is 0 Å². The van der Waals surface area contributed by atoms with E-state index >= 15 is 0 Å². The maximum absolute atomic E-state index is 10.1. The summed E-state index contributed by atoms with van der Waals surface area (Å²) in [6.45, 7) is 0.735. The Hall–Kier alpha value is -1.81. The van der Waals surface area contributed by atoms with E-state index in [0.29, 0.717) is 5.69 Å². The average Bonchev–Trinajstić information content (AvgIpc) is 2.98. The number of ether oxygens (including phenoxy) is 1. The Balaban J connectivity index is 1.95. The Morgan fingerprint density at radius 2 is 2.31 bits per heavy atom. The lowest BCUT2D eigenvalue weighted by Crippen LogP contribution is -2.00. The molecule has 1 unspecified atom stereocenters. The Kier molecular flexibility index (Phi) is 2.15. The molecule has 0 radical (unpaired) electrons. The second-order valence-corrected chi connectivity index (χ2v) is 3.88. The monoisotopic (exact) mass is 216 g/mol. The van der Waals surface area contributed by atoms with Gasteiger partial charge in [0.1, 0.15) is 11.9 Å². The number of rotatable bonds is 2. The van der Waals surface area contributed by atoms with Gasteiger partial charge in [-0.05, 0) is 29.3 Å². The number of fused-ring (bicyclic) bond motifs is 1. The first-order valence-electron chi connectivity index (χ1n) is 5.27. The summed E-state index contributed by atoms with van der Waals surface area (Å²) in [5, 5.41) is 16.7. The fourth-order valence-electron chi connectivity index (χ4n) is 1.98. The van der Waals surface area contributed by atoms with Gasteiger partial charge in [0.15, 0.2) is 0 Å². The predicted octanol–water partition coefficient (Wildman–Crippen LogP) is 1.43. The van der Waals surface area contributed by atoms with Gasteiger partial charge in [-0.25, -0.2) is 0 Å². The normalized spacial score (nSPS) is 15.6. The summed E-state index contributed by atoms with van der Waals surface area (Å²) in [5.74, 6) is 0.931. The Labute approximate surface area is 92.9 Å². The van der Waals surface area contributed by atoms with Crippen LogP contribution in [0.3, 0.4) is 0 Å². The van der Waals surface area contributed by atoms with Gasteiger partial charge in [-0.15, -0.1) is 0 Å². The van der Waals surface area contributed by atoms with Gasteiger partial charge in [-0.3, -0.25) is 5.10 Å². The van der Waals surface area contributed by atoms with Gasteiger partial charge in [0.25, 0.3) is 0 Å². The highest BCUT2D eigenvalue weighted by molar-refractivity contribution is 5.41. The fourth-order valence-corrected chi connectivity index (χ4v) is 1.98. The number of benzene rings is 1. The number of nitrogens with zero attached hydrogens (tertiary/aromatic N) is 1. The lowest BCUT2D eigenvalue weighted by atomic mass is 10.0. The van der Waals surface area contributed by atoms with Crippen LogP contribution in [0, 0.1) is 0 Å². The quantitative estimate of drug-likeness (QED) is 0.798. The van der Waals surface area contributed by atoms with Gasteiger partial charge in [0, 0.05) is 12.6 Å². The topological polar surface area (TPSA) is 58.1 Å². The Bertz CT molecular complexity index is 494. The van der Waals surface area contributed by atoms with Crippen LogP contribution in [-0.4, -0.2) is 21.9 Å². The van der Waals surface area contributed by atoms with Crippen molar-refractivity contribution in [2.75, 3.05) is 6.61 Å². The van der Waals surface area contributed by atoms with Crippen LogP contribution in [0.5, 0.6) is 5.75 Å². The van der Waals surface area contributed by atoms with E-state index in [1.54, 1.807) is 12.3 Å². The van der Waals surface area contributed by atoms with Crippen molar-refractivity contribution in [3.8, 4) is 5.75 Å². The SMILES string of the molecule is OC(c1ccc2c(c1)CCO2)c1ccn[nH]1. The maximum atomic E-state index is 10.1. The molecule has 0 bridgehead atoms. The molecule has 1 aromatic heterocycles. The van der Waals surface area contributed by atoms with E-state index in [-0.39, 0.29) is 0 Å². The minimum atomic E-state index is -0.645. The summed E-state index contributed by atoms with van der Waals surface area (Å²) >= 11 is 0. The highest BCUT2D eigenvalue weighted by Gasteiger charge is 2.17. The van der Waals surface area contributed by atoms with E-state index in [4.69, 9.17) is 4.74 Å². The molecule has 1 aliphatic rings. The second kappa shape index (κ2) is 3.64. The summed E-state index contributed by atoms with van der Waals surface area (Å²) in [6.07, 6.45) is 1.90. The molecule has 0 spiro atoms. The number of hydrogen-bond donors (Lipinski definition) is 2. The molecule has 4 nitrogen and oxygen atoms in total. The molecule has 0 saturated carbocycles. The molecule has 0 fully saturated rings. The average molecular weight is 216 g/mol. The van der Waals surface area contributed by atoms with Crippen molar-refractivity contribution in [2.45, 2.75) is 12.5 Å². The highest BCUT2D eigenvalue weighted by Crippen LogP contribution is 2.29. The van der Waals surface area contributed by atoms with Gasteiger partial charge in [0.05, 0.1) is 12.3 Å². The first kappa shape index (κ1) is 9.42. The summed E-state index contributed by atoms with van der Waals surface area (Å²) in [5.41, 5.74) is 2.74. The molecular formula is C12H12N2O2. The zero-order chi connectivity index (χ0) is 11.0. The zero-order valence-electron chi connectivity index (χ0n) is 8.68. The molecule has 3 rings (SSSR count). The summed E-state index contributed by atoms with van der Waals surface area (Å²) < 4.78 is 5.42. The standard InChI is InChI=1S/C12H12N2O2/c15-12(10-3-5-13-14-10)9-1-2-11-8(7-9)4-6-16-11/h1-3,5,7,12,15H,4,6H2,(H,13,14). The molecule has 1 atom stereocenters. The summed E-state index contributed by atoms with van der Waals surface area (Å²) in [6, 6.07) is 7.56. The van der Waals surface area contributed by atoms with Gasteiger partial charge < -0.3 is 9.84 Å². The molecule has 1 aromatic carbocycles. The van der Waals surface area contributed by atoms with E-state index in [1.807, 2.05) is 18.2 Å². The molecule has 1 aliphatic heterocycles. The number of H-pyrrole nitrogens is 1. The molecule has 4 heteroatoms. The largest absolute Gasteiger partial charge is 0.493 e. The summed E-state index contributed by atoms with van der Waals surface area (Å²) in [4.78, 5) is 0. The van der Waals surface area contributed by atoms with E-state index in [0.717, 1.165) is 29.9 Å². The lowest BCUT2D eigenvalue weighted by Gasteiger charge is -2.09. The van der Waals surface area contributed by atoms with Crippen molar-refractivity contribution in [3.63, 3.8) is 0 Å². The van der Waals surface area contributed by atoms with Crippen molar-refractivity contribution in [3.05, 3.63) is 47.3 Å². The van der Waals surface area contributed by atoms with Crippen LogP contribution in [0.15, 0.2) is 30.5 Å². The van der Waals surface area contributed by atoms with E-state index < -0.39 is 6.10 Å². The molecule has 16 heavy (non-hydrogen) atoms. The molecule has 2 aromatic rings.